The number of methoxy groups -OCH3 is 2. The van der Waals surface area contributed by atoms with E-state index in [1.54, 1.807) is 29.2 Å². The van der Waals surface area contributed by atoms with Gasteiger partial charge in [-0.05, 0) is 36.6 Å². The van der Waals surface area contributed by atoms with Crippen molar-refractivity contribution in [2.75, 3.05) is 26.1 Å². The van der Waals surface area contributed by atoms with Crippen LogP contribution in [0.3, 0.4) is 0 Å². The first-order valence-corrected chi connectivity index (χ1v) is 9.23. The molecule has 1 aliphatic rings. The van der Waals surface area contributed by atoms with Crippen molar-refractivity contribution in [1.29, 1.82) is 0 Å². The molecule has 1 aliphatic carbocycles. The lowest BCUT2D eigenvalue weighted by atomic mass is 10.1. The molecular weight excluding hydrogens is 385 g/mol. The van der Waals surface area contributed by atoms with E-state index in [1.165, 1.54) is 26.4 Å². The number of ether oxygens (including phenoxy) is 2. The van der Waals surface area contributed by atoms with E-state index in [4.69, 9.17) is 9.47 Å². The van der Waals surface area contributed by atoms with Crippen LogP contribution in [0.2, 0.25) is 0 Å². The van der Waals surface area contributed by atoms with Gasteiger partial charge in [-0.25, -0.2) is 0 Å². The third kappa shape index (κ3) is 5.41. The summed E-state index contributed by atoms with van der Waals surface area (Å²) in [5, 5.41) is 2.77. The smallest absolute Gasteiger partial charge is 0.416 e. The van der Waals surface area contributed by atoms with Crippen molar-refractivity contribution in [2.24, 2.45) is 0 Å². The Hall–Kier alpha value is -2.74. The fourth-order valence-electron chi connectivity index (χ4n) is 3.21. The quantitative estimate of drug-likeness (QED) is 0.707. The highest BCUT2D eigenvalue weighted by atomic mass is 19.4. The molecule has 156 valence electrons. The highest BCUT2D eigenvalue weighted by molar-refractivity contribution is 5.92. The number of anilines is 1. The van der Waals surface area contributed by atoms with Crippen molar-refractivity contribution in [3.05, 3.63) is 53.6 Å². The van der Waals surface area contributed by atoms with Crippen LogP contribution in [-0.2, 0) is 17.5 Å². The first kappa shape index (κ1) is 21.0. The zero-order valence-corrected chi connectivity index (χ0v) is 16.3. The van der Waals surface area contributed by atoms with Crippen LogP contribution in [0.4, 0.5) is 18.9 Å². The molecule has 0 spiro atoms. The molecule has 2 aromatic rings. The van der Waals surface area contributed by atoms with E-state index < -0.39 is 11.7 Å². The largest absolute Gasteiger partial charge is 0.493 e. The first-order chi connectivity index (χ1) is 13.8. The highest BCUT2D eigenvalue weighted by Crippen LogP contribution is 2.35. The zero-order valence-electron chi connectivity index (χ0n) is 16.3. The number of benzene rings is 2. The van der Waals surface area contributed by atoms with Gasteiger partial charge in [-0.3, -0.25) is 9.69 Å². The SMILES string of the molecule is COc1ccc(NC(=O)CN(Cc2ccccc2C(F)(F)F)C2CC2)cc1OC. The Morgan fingerprint density at radius 3 is 2.41 bits per heavy atom. The molecule has 3 rings (SSSR count). The lowest BCUT2D eigenvalue weighted by Crippen LogP contribution is -2.35. The molecule has 0 aromatic heterocycles. The maximum atomic E-state index is 13.3. The van der Waals surface area contributed by atoms with E-state index in [-0.39, 0.29) is 30.6 Å². The summed E-state index contributed by atoms with van der Waals surface area (Å²) in [5.74, 6) is 0.714. The standard InChI is InChI=1S/C21H23F3N2O3/c1-28-18-10-7-15(11-19(18)29-2)25-20(27)13-26(16-8-9-16)12-14-5-3-4-6-17(14)21(22,23)24/h3-7,10-11,16H,8-9,12-13H2,1-2H3,(H,25,27). The molecule has 0 unspecified atom stereocenters. The number of nitrogens with zero attached hydrogens (tertiary/aromatic N) is 1. The number of rotatable bonds is 8. The molecule has 0 radical (unpaired) electrons. The minimum Gasteiger partial charge on any atom is -0.493 e. The van der Waals surface area contributed by atoms with E-state index in [2.05, 4.69) is 5.32 Å². The van der Waals surface area contributed by atoms with Gasteiger partial charge in [0.25, 0.3) is 0 Å². The number of carbonyl (C=O) groups is 1. The number of hydrogen-bond acceptors (Lipinski definition) is 4. The van der Waals surface area contributed by atoms with Gasteiger partial charge in [0.1, 0.15) is 0 Å². The maximum Gasteiger partial charge on any atom is 0.416 e. The minimum atomic E-state index is -4.42. The molecule has 2 aromatic carbocycles. The van der Waals surface area contributed by atoms with Gasteiger partial charge >= 0.3 is 6.18 Å². The number of hydrogen-bond donors (Lipinski definition) is 1. The number of halogens is 3. The monoisotopic (exact) mass is 408 g/mol. The van der Waals surface area contributed by atoms with Crippen LogP contribution in [0.15, 0.2) is 42.5 Å². The Kier molecular flexibility index (Phi) is 6.32. The van der Waals surface area contributed by atoms with E-state index in [9.17, 15) is 18.0 Å². The summed E-state index contributed by atoms with van der Waals surface area (Å²) in [6, 6.07) is 10.6. The molecule has 0 atom stereocenters. The van der Waals surface area contributed by atoms with Crippen molar-refractivity contribution in [1.82, 2.24) is 4.90 Å². The topological polar surface area (TPSA) is 50.8 Å². The van der Waals surface area contributed by atoms with Crippen LogP contribution in [0.25, 0.3) is 0 Å². The van der Waals surface area contributed by atoms with Gasteiger partial charge in [-0.2, -0.15) is 13.2 Å². The van der Waals surface area contributed by atoms with Crippen molar-refractivity contribution in [3.63, 3.8) is 0 Å². The number of nitrogens with one attached hydrogen (secondary N) is 1. The van der Waals surface area contributed by atoms with Crippen LogP contribution < -0.4 is 14.8 Å². The van der Waals surface area contributed by atoms with Gasteiger partial charge in [0.05, 0.1) is 26.3 Å². The molecule has 8 heteroatoms. The van der Waals surface area contributed by atoms with Gasteiger partial charge in [-0.15, -0.1) is 0 Å². The predicted molar refractivity (Wildman–Crippen MR) is 103 cm³/mol. The Morgan fingerprint density at radius 1 is 1.10 bits per heavy atom. The summed E-state index contributed by atoms with van der Waals surface area (Å²) < 4.78 is 50.2. The summed E-state index contributed by atoms with van der Waals surface area (Å²) in [6.07, 6.45) is -2.68. The maximum absolute atomic E-state index is 13.3. The molecule has 1 fully saturated rings. The van der Waals surface area contributed by atoms with Gasteiger partial charge in [-0.1, -0.05) is 18.2 Å². The fraction of sp³-hybridized carbons (Fsp3) is 0.381. The molecule has 0 aliphatic heterocycles. The van der Waals surface area contributed by atoms with Crippen molar-refractivity contribution < 1.29 is 27.4 Å². The number of carbonyl (C=O) groups excluding carboxylic acids is 1. The average molecular weight is 408 g/mol. The van der Waals surface area contributed by atoms with E-state index in [0.717, 1.165) is 18.9 Å². The zero-order chi connectivity index (χ0) is 21.0. The second kappa shape index (κ2) is 8.73. The molecule has 1 saturated carbocycles. The highest BCUT2D eigenvalue weighted by Gasteiger charge is 2.35. The summed E-state index contributed by atoms with van der Waals surface area (Å²) >= 11 is 0. The Bertz CT molecular complexity index is 866. The van der Waals surface area contributed by atoms with Crippen LogP contribution in [0.1, 0.15) is 24.0 Å². The second-order valence-electron chi connectivity index (χ2n) is 6.91. The lowest BCUT2D eigenvalue weighted by Gasteiger charge is -2.23. The first-order valence-electron chi connectivity index (χ1n) is 9.23. The molecule has 5 nitrogen and oxygen atoms in total. The fourth-order valence-corrected chi connectivity index (χ4v) is 3.21. The molecule has 0 saturated heterocycles. The van der Waals surface area contributed by atoms with Crippen molar-refractivity contribution in [3.8, 4) is 11.5 Å². The molecule has 1 N–H and O–H groups in total. The number of amides is 1. The van der Waals surface area contributed by atoms with Gasteiger partial charge in [0.2, 0.25) is 5.91 Å². The minimum absolute atomic E-state index is 0.00516. The molecule has 29 heavy (non-hydrogen) atoms. The van der Waals surface area contributed by atoms with Crippen LogP contribution in [0, 0.1) is 0 Å². The third-order valence-electron chi connectivity index (χ3n) is 4.77. The summed E-state index contributed by atoms with van der Waals surface area (Å²) in [5.41, 5.74) is 0.0378. The van der Waals surface area contributed by atoms with Gasteiger partial charge in [0, 0.05) is 24.3 Å². The average Bonchev–Trinajstić information content (AvgIpc) is 3.52. The van der Waals surface area contributed by atoms with Crippen LogP contribution in [-0.4, -0.2) is 37.6 Å². The molecule has 1 amide bonds. The van der Waals surface area contributed by atoms with Crippen molar-refractivity contribution in [2.45, 2.75) is 31.6 Å². The van der Waals surface area contributed by atoms with E-state index in [0.29, 0.717) is 17.2 Å². The van der Waals surface area contributed by atoms with Gasteiger partial charge < -0.3 is 14.8 Å². The Morgan fingerprint density at radius 2 is 1.79 bits per heavy atom. The summed E-state index contributed by atoms with van der Waals surface area (Å²) in [7, 11) is 3.01. The van der Waals surface area contributed by atoms with E-state index in [1.807, 2.05) is 0 Å². The second-order valence-corrected chi connectivity index (χ2v) is 6.91. The molecule has 0 bridgehead atoms. The lowest BCUT2D eigenvalue weighted by molar-refractivity contribution is -0.138. The van der Waals surface area contributed by atoms with Crippen molar-refractivity contribution >= 4 is 11.6 Å². The molecule has 0 heterocycles. The van der Waals surface area contributed by atoms with E-state index >= 15 is 0 Å². The normalized spacial score (nSPS) is 14.0. The predicted octanol–water partition coefficient (Wildman–Crippen LogP) is 4.33. The summed E-state index contributed by atoms with van der Waals surface area (Å²) in [6.45, 7) is 0.0743. The summed E-state index contributed by atoms with van der Waals surface area (Å²) in [4.78, 5) is 14.3. The molecular formula is C21H23F3N2O3. The Balaban J connectivity index is 1.70. The van der Waals surface area contributed by atoms with Crippen LogP contribution >= 0.6 is 0 Å². The van der Waals surface area contributed by atoms with Gasteiger partial charge in [0.15, 0.2) is 11.5 Å². The Labute approximate surface area is 167 Å². The van der Waals surface area contributed by atoms with Crippen LogP contribution in [0.5, 0.6) is 11.5 Å². The number of alkyl halides is 3. The third-order valence-corrected chi connectivity index (χ3v) is 4.77.